The molecule has 30 heavy (non-hydrogen) atoms. The Labute approximate surface area is 179 Å². The lowest BCUT2D eigenvalue weighted by Gasteiger charge is -2.20. The van der Waals surface area contributed by atoms with Crippen molar-refractivity contribution in [1.82, 2.24) is 5.32 Å². The van der Waals surface area contributed by atoms with E-state index in [4.69, 9.17) is 14.2 Å². The predicted octanol–water partition coefficient (Wildman–Crippen LogP) is 4.30. The summed E-state index contributed by atoms with van der Waals surface area (Å²) in [7, 11) is 0. The molecule has 0 bridgehead atoms. The number of hydrogen-bond donors (Lipinski definition) is 1. The fourth-order valence-corrected chi connectivity index (χ4v) is 3.47. The zero-order valence-electron chi connectivity index (χ0n) is 18.3. The molecular weight excluding hydrogens is 380 g/mol. The summed E-state index contributed by atoms with van der Waals surface area (Å²) in [6.45, 7) is 9.54. The Morgan fingerprint density at radius 1 is 1.07 bits per heavy atom. The van der Waals surface area contributed by atoms with Crippen molar-refractivity contribution in [3.63, 3.8) is 0 Å². The third-order valence-electron chi connectivity index (χ3n) is 5.08. The summed E-state index contributed by atoms with van der Waals surface area (Å²) in [6, 6.07) is 16.0. The number of nitrogens with one attached hydrogen (secondary N) is 1. The number of anilines is 1. The Kier molecular flexibility index (Phi) is 7.57. The van der Waals surface area contributed by atoms with Gasteiger partial charge in [0.05, 0.1) is 18.7 Å². The third-order valence-corrected chi connectivity index (χ3v) is 5.08. The number of carbonyl (C=O) groups is 1. The highest BCUT2D eigenvalue weighted by atomic mass is 16.7. The molecule has 1 N–H and O–H groups in total. The van der Waals surface area contributed by atoms with Gasteiger partial charge in [-0.05, 0) is 62.7 Å². The molecule has 2 atom stereocenters. The Bertz CT molecular complexity index is 805. The van der Waals surface area contributed by atoms with Gasteiger partial charge in [0.1, 0.15) is 17.6 Å². The van der Waals surface area contributed by atoms with E-state index in [2.05, 4.69) is 22.3 Å². The zero-order chi connectivity index (χ0) is 21.5. The van der Waals surface area contributed by atoms with Gasteiger partial charge in [-0.15, -0.1) is 0 Å². The minimum Gasteiger partial charge on any atom is -0.489 e. The second-order valence-corrected chi connectivity index (χ2v) is 7.94. The first-order valence-corrected chi connectivity index (χ1v) is 10.5. The molecule has 1 aliphatic heterocycles. The number of benzene rings is 2. The van der Waals surface area contributed by atoms with Gasteiger partial charge in [-0.25, -0.2) is 0 Å². The van der Waals surface area contributed by atoms with Gasteiger partial charge < -0.3 is 24.4 Å². The third kappa shape index (κ3) is 6.39. The van der Waals surface area contributed by atoms with Crippen molar-refractivity contribution >= 4 is 11.6 Å². The van der Waals surface area contributed by atoms with Crippen LogP contribution in [0.2, 0.25) is 0 Å². The van der Waals surface area contributed by atoms with Gasteiger partial charge in [0.25, 0.3) is 0 Å². The van der Waals surface area contributed by atoms with Gasteiger partial charge in [0.2, 0.25) is 5.91 Å². The van der Waals surface area contributed by atoms with Crippen molar-refractivity contribution in [3.8, 4) is 11.5 Å². The molecule has 1 heterocycles. The van der Waals surface area contributed by atoms with Crippen molar-refractivity contribution in [2.24, 2.45) is 0 Å². The highest BCUT2D eigenvalue weighted by molar-refractivity contribution is 5.73. The van der Waals surface area contributed by atoms with Crippen molar-refractivity contribution in [2.75, 3.05) is 24.8 Å². The van der Waals surface area contributed by atoms with Crippen molar-refractivity contribution in [3.05, 3.63) is 54.1 Å². The van der Waals surface area contributed by atoms with E-state index in [9.17, 15) is 4.79 Å². The molecule has 0 saturated carbocycles. The van der Waals surface area contributed by atoms with Crippen molar-refractivity contribution in [2.45, 2.75) is 52.4 Å². The summed E-state index contributed by atoms with van der Waals surface area (Å²) in [5, 5.41) is 2.89. The molecule has 1 unspecified atom stereocenters. The molecule has 2 aromatic rings. The van der Waals surface area contributed by atoms with Gasteiger partial charge in [0, 0.05) is 25.6 Å². The second kappa shape index (κ2) is 10.3. The summed E-state index contributed by atoms with van der Waals surface area (Å²) >= 11 is 0. The van der Waals surface area contributed by atoms with Crippen molar-refractivity contribution < 1.29 is 19.0 Å². The molecule has 0 aliphatic carbocycles. The summed E-state index contributed by atoms with van der Waals surface area (Å²) in [4.78, 5) is 13.5. The quantitative estimate of drug-likeness (QED) is 0.622. The van der Waals surface area contributed by atoms with E-state index in [-0.39, 0.29) is 30.9 Å². The first-order chi connectivity index (χ1) is 14.4. The van der Waals surface area contributed by atoms with Gasteiger partial charge in [-0.1, -0.05) is 12.1 Å². The summed E-state index contributed by atoms with van der Waals surface area (Å²) in [6.07, 6.45) is 1.28. The van der Waals surface area contributed by atoms with Crippen LogP contribution in [0, 0.1) is 0 Å². The molecule has 0 radical (unpaired) electrons. The monoisotopic (exact) mass is 412 g/mol. The number of carbonyl (C=O) groups excluding carboxylic acids is 1. The fraction of sp³-hybridized carbons (Fsp3) is 0.458. The van der Waals surface area contributed by atoms with Crippen LogP contribution in [0.25, 0.3) is 0 Å². The molecule has 6 nitrogen and oxygen atoms in total. The molecule has 162 valence electrons. The van der Waals surface area contributed by atoms with Crippen LogP contribution in [-0.2, 0) is 9.53 Å². The number of ether oxygens (including phenoxy) is 3. The highest BCUT2D eigenvalue weighted by Gasteiger charge is 2.24. The maximum Gasteiger partial charge on any atom is 0.217 e. The number of hydrogen-bond acceptors (Lipinski definition) is 5. The molecule has 6 heteroatoms. The average Bonchev–Trinajstić information content (AvgIpc) is 3.17. The van der Waals surface area contributed by atoms with E-state index in [1.54, 1.807) is 0 Å². The molecule has 1 aliphatic rings. The molecule has 2 aromatic carbocycles. The lowest BCUT2D eigenvalue weighted by molar-refractivity contribution is -0.119. The minimum absolute atomic E-state index is 0.0117. The number of amides is 1. The van der Waals surface area contributed by atoms with Crippen LogP contribution in [-0.4, -0.2) is 38.0 Å². The molecule has 1 saturated heterocycles. The maximum atomic E-state index is 11.2. The van der Waals surface area contributed by atoms with Crippen LogP contribution in [0.1, 0.15) is 45.7 Å². The maximum absolute atomic E-state index is 11.2. The smallest absolute Gasteiger partial charge is 0.217 e. The van der Waals surface area contributed by atoms with Gasteiger partial charge in [-0.3, -0.25) is 4.79 Å². The SMILES string of the molecule is CC(=O)N[C@@H](C)c1ccc(OC2CCN(c3ccc(OCOC(C)C)cc3)C2)cc1. The van der Waals surface area contributed by atoms with Crippen LogP contribution in [0.15, 0.2) is 48.5 Å². The predicted molar refractivity (Wildman–Crippen MR) is 118 cm³/mol. The Balaban J connectivity index is 1.49. The van der Waals surface area contributed by atoms with E-state index in [1.807, 2.05) is 57.2 Å². The van der Waals surface area contributed by atoms with E-state index < -0.39 is 0 Å². The van der Waals surface area contributed by atoms with Crippen LogP contribution >= 0.6 is 0 Å². The van der Waals surface area contributed by atoms with E-state index in [1.165, 1.54) is 6.92 Å². The molecule has 0 spiro atoms. The van der Waals surface area contributed by atoms with Crippen LogP contribution in [0.5, 0.6) is 11.5 Å². The standard InChI is InChI=1S/C24H32N2O4/c1-17(2)28-16-29-22-11-7-21(8-12-22)26-14-13-24(15-26)30-23-9-5-20(6-10-23)18(3)25-19(4)27/h5-12,17-18,24H,13-16H2,1-4H3,(H,25,27)/t18-,24?/m0/s1. The van der Waals surface area contributed by atoms with Gasteiger partial charge in [0.15, 0.2) is 6.79 Å². The number of rotatable bonds is 9. The molecule has 1 amide bonds. The van der Waals surface area contributed by atoms with Gasteiger partial charge in [-0.2, -0.15) is 0 Å². The summed E-state index contributed by atoms with van der Waals surface area (Å²) < 4.78 is 17.2. The van der Waals surface area contributed by atoms with Gasteiger partial charge >= 0.3 is 0 Å². The lowest BCUT2D eigenvalue weighted by Crippen LogP contribution is -2.24. The average molecular weight is 413 g/mol. The first-order valence-electron chi connectivity index (χ1n) is 10.5. The highest BCUT2D eigenvalue weighted by Crippen LogP contribution is 2.26. The van der Waals surface area contributed by atoms with E-state index >= 15 is 0 Å². The van der Waals surface area contributed by atoms with Crippen LogP contribution in [0.4, 0.5) is 5.69 Å². The fourth-order valence-electron chi connectivity index (χ4n) is 3.47. The van der Waals surface area contributed by atoms with Crippen LogP contribution in [0.3, 0.4) is 0 Å². The molecule has 3 rings (SSSR count). The van der Waals surface area contributed by atoms with E-state index in [0.717, 1.165) is 42.3 Å². The first kappa shape index (κ1) is 22.0. The molecule has 0 aromatic heterocycles. The van der Waals surface area contributed by atoms with Crippen molar-refractivity contribution in [1.29, 1.82) is 0 Å². The summed E-state index contributed by atoms with van der Waals surface area (Å²) in [5.41, 5.74) is 2.23. The molecular formula is C24H32N2O4. The Morgan fingerprint density at radius 3 is 2.37 bits per heavy atom. The second-order valence-electron chi connectivity index (χ2n) is 7.94. The van der Waals surface area contributed by atoms with E-state index in [0.29, 0.717) is 0 Å². The minimum atomic E-state index is -0.0302. The topological polar surface area (TPSA) is 60.0 Å². The Hall–Kier alpha value is -2.73. The van der Waals surface area contributed by atoms with Crippen LogP contribution < -0.4 is 19.7 Å². The lowest BCUT2D eigenvalue weighted by atomic mass is 10.1. The molecule has 1 fully saturated rings. The zero-order valence-corrected chi connectivity index (χ0v) is 18.3. The summed E-state index contributed by atoms with van der Waals surface area (Å²) in [5.74, 6) is 1.63. The number of nitrogens with zero attached hydrogens (tertiary/aromatic N) is 1. The largest absolute Gasteiger partial charge is 0.489 e. The normalized spacial score (nSPS) is 17.1. The Morgan fingerprint density at radius 2 is 1.73 bits per heavy atom.